The highest BCUT2D eigenvalue weighted by Crippen LogP contribution is 2.08. The number of hydrogen-bond donors (Lipinski definition) is 8. The lowest BCUT2D eigenvalue weighted by Crippen LogP contribution is -2.57. The number of guanidine groups is 1. The van der Waals surface area contributed by atoms with Crippen LogP contribution in [-0.2, 0) is 32.0 Å². The summed E-state index contributed by atoms with van der Waals surface area (Å²) in [4.78, 5) is 51.5. The lowest BCUT2D eigenvalue weighted by atomic mass is 10.0. The minimum absolute atomic E-state index is 0.0557. The molecule has 4 atom stereocenters. The van der Waals surface area contributed by atoms with Gasteiger partial charge in [0.05, 0.1) is 6.04 Å². The van der Waals surface area contributed by atoms with Crippen molar-refractivity contribution in [3.8, 4) is 0 Å². The Morgan fingerprint density at radius 3 is 1.83 bits per heavy atom. The monoisotopic (exact) mass is 599 g/mol. The fraction of sp³-hybridized carbons (Fsp3) is 0.414. The van der Waals surface area contributed by atoms with Crippen molar-refractivity contribution in [3.63, 3.8) is 0 Å². The molecule has 0 saturated carbocycles. The Balaban J connectivity index is 2.14. The van der Waals surface area contributed by atoms with Crippen molar-refractivity contribution in [1.82, 2.24) is 21.3 Å². The average molecular weight is 600 g/mol. The van der Waals surface area contributed by atoms with E-state index in [1.54, 1.807) is 30.3 Å². The minimum Gasteiger partial charge on any atom is -0.480 e. The fourth-order valence-electron chi connectivity index (χ4n) is 4.14. The molecule has 0 unspecified atom stereocenters. The SMILES string of the molecule is CSCC[C@H](NC(=O)[C@@H](N)Cc1ccccc1)C(=O)N[C@@H](CCCNC(=N)N)C(=O)N[C@@H](Cc1ccccc1)C(=O)O. The van der Waals surface area contributed by atoms with Gasteiger partial charge >= 0.3 is 5.97 Å². The predicted octanol–water partition coefficient (Wildman–Crippen LogP) is 0.354. The maximum absolute atomic E-state index is 13.4. The quantitative estimate of drug-likeness (QED) is 0.0674. The van der Waals surface area contributed by atoms with E-state index >= 15 is 0 Å². The first kappa shape index (κ1) is 34.1. The van der Waals surface area contributed by atoms with Crippen molar-refractivity contribution >= 4 is 41.4 Å². The first-order chi connectivity index (χ1) is 20.1. The zero-order valence-electron chi connectivity index (χ0n) is 23.7. The highest BCUT2D eigenvalue weighted by molar-refractivity contribution is 7.98. The van der Waals surface area contributed by atoms with Gasteiger partial charge in [-0.2, -0.15) is 11.8 Å². The van der Waals surface area contributed by atoms with Crippen molar-refractivity contribution in [3.05, 3.63) is 71.8 Å². The van der Waals surface area contributed by atoms with E-state index in [4.69, 9.17) is 16.9 Å². The maximum atomic E-state index is 13.4. The Morgan fingerprint density at radius 2 is 1.31 bits per heavy atom. The number of carboxylic acid groups (broad SMARTS) is 1. The Hall–Kier alpha value is -4.10. The largest absolute Gasteiger partial charge is 0.480 e. The number of rotatable bonds is 18. The summed E-state index contributed by atoms with van der Waals surface area (Å²) in [7, 11) is 0. The third kappa shape index (κ3) is 12.6. The summed E-state index contributed by atoms with van der Waals surface area (Å²) in [6.45, 7) is 0.266. The number of hydrogen-bond acceptors (Lipinski definition) is 7. The number of nitrogens with two attached hydrogens (primary N) is 2. The number of thioether (sulfide) groups is 1. The molecule has 0 aliphatic heterocycles. The second-order valence-electron chi connectivity index (χ2n) is 9.77. The Labute approximate surface area is 250 Å². The first-order valence-corrected chi connectivity index (χ1v) is 15.0. The number of benzene rings is 2. The number of carboxylic acids is 1. The second-order valence-corrected chi connectivity index (χ2v) is 10.8. The van der Waals surface area contributed by atoms with Crippen LogP contribution in [0.2, 0.25) is 0 Å². The number of aliphatic carboxylic acids is 1. The van der Waals surface area contributed by atoms with Gasteiger partial charge in [0.1, 0.15) is 18.1 Å². The molecule has 12 nitrogen and oxygen atoms in total. The van der Waals surface area contributed by atoms with E-state index in [0.29, 0.717) is 18.6 Å². The van der Waals surface area contributed by atoms with Crippen molar-refractivity contribution < 1.29 is 24.3 Å². The van der Waals surface area contributed by atoms with Crippen LogP contribution < -0.4 is 32.7 Å². The molecule has 2 rings (SSSR count). The minimum atomic E-state index is -1.22. The van der Waals surface area contributed by atoms with Crippen molar-refractivity contribution in [2.75, 3.05) is 18.6 Å². The van der Waals surface area contributed by atoms with Crippen molar-refractivity contribution in [1.29, 1.82) is 5.41 Å². The summed E-state index contributed by atoms with van der Waals surface area (Å²) in [5, 5.41) is 27.7. The first-order valence-electron chi connectivity index (χ1n) is 13.6. The summed E-state index contributed by atoms with van der Waals surface area (Å²) in [6, 6.07) is 14.0. The van der Waals surface area contributed by atoms with Gasteiger partial charge in [0.25, 0.3) is 0 Å². The third-order valence-electron chi connectivity index (χ3n) is 6.39. The van der Waals surface area contributed by atoms with Gasteiger partial charge < -0.3 is 37.8 Å². The molecule has 0 aromatic heterocycles. The van der Waals surface area contributed by atoms with Crippen LogP contribution in [0.4, 0.5) is 0 Å². The van der Waals surface area contributed by atoms with Crippen LogP contribution in [-0.4, -0.2) is 77.5 Å². The molecule has 0 fully saturated rings. The van der Waals surface area contributed by atoms with E-state index in [0.717, 1.165) is 11.1 Å². The topological polar surface area (TPSA) is 213 Å². The molecule has 2 aromatic rings. The lowest BCUT2D eigenvalue weighted by molar-refractivity contribution is -0.142. The van der Waals surface area contributed by atoms with Crippen LogP contribution in [0.1, 0.15) is 30.4 Å². The fourth-order valence-corrected chi connectivity index (χ4v) is 4.61. The summed E-state index contributed by atoms with van der Waals surface area (Å²) >= 11 is 1.50. The van der Waals surface area contributed by atoms with Gasteiger partial charge in [-0.25, -0.2) is 4.79 Å². The number of carbonyl (C=O) groups excluding carboxylic acids is 3. The molecule has 0 aliphatic carbocycles. The zero-order chi connectivity index (χ0) is 30.9. The van der Waals surface area contributed by atoms with Gasteiger partial charge in [-0.05, 0) is 48.8 Å². The summed E-state index contributed by atoms with van der Waals surface area (Å²) < 4.78 is 0. The molecule has 0 heterocycles. The maximum Gasteiger partial charge on any atom is 0.326 e. The van der Waals surface area contributed by atoms with E-state index in [1.165, 1.54) is 11.8 Å². The molecule has 0 bridgehead atoms. The van der Waals surface area contributed by atoms with Gasteiger partial charge in [-0.3, -0.25) is 19.8 Å². The molecule has 0 aliphatic rings. The molecular weight excluding hydrogens is 558 g/mol. The lowest BCUT2D eigenvalue weighted by Gasteiger charge is -2.25. The van der Waals surface area contributed by atoms with Crippen LogP contribution in [0.25, 0.3) is 0 Å². The summed E-state index contributed by atoms with van der Waals surface area (Å²) in [5.74, 6) is -2.65. The number of nitrogens with one attached hydrogen (secondary N) is 5. The van der Waals surface area contributed by atoms with Gasteiger partial charge in [0.15, 0.2) is 5.96 Å². The molecule has 10 N–H and O–H groups in total. The molecule has 2 aromatic carbocycles. The molecule has 0 saturated heterocycles. The average Bonchev–Trinajstić information content (AvgIpc) is 2.96. The van der Waals surface area contributed by atoms with Crippen LogP contribution >= 0.6 is 11.8 Å². The Morgan fingerprint density at radius 1 is 0.810 bits per heavy atom. The summed E-state index contributed by atoms with van der Waals surface area (Å²) in [6.07, 6.45) is 2.98. The molecule has 3 amide bonds. The zero-order valence-corrected chi connectivity index (χ0v) is 24.5. The van der Waals surface area contributed by atoms with Crippen LogP contribution in [0.3, 0.4) is 0 Å². The Bertz CT molecular complexity index is 1170. The number of carbonyl (C=O) groups is 4. The van der Waals surface area contributed by atoms with E-state index in [2.05, 4.69) is 21.3 Å². The normalized spacial score (nSPS) is 13.6. The van der Waals surface area contributed by atoms with Gasteiger partial charge in [-0.15, -0.1) is 0 Å². The predicted molar refractivity (Wildman–Crippen MR) is 164 cm³/mol. The van der Waals surface area contributed by atoms with Crippen molar-refractivity contribution in [2.24, 2.45) is 11.5 Å². The molecular formula is C29H41N7O5S. The second kappa shape index (κ2) is 18.4. The van der Waals surface area contributed by atoms with Crippen molar-refractivity contribution in [2.45, 2.75) is 56.3 Å². The number of amides is 3. The van der Waals surface area contributed by atoms with Gasteiger partial charge in [-0.1, -0.05) is 60.7 Å². The molecule has 0 spiro atoms. The van der Waals surface area contributed by atoms with Crippen LogP contribution in [0.15, 0.2) is 60.7 Å². The van der Waals surface area contributed by atoms with Crippen LogP contribution in [0.5, 0.6) is 0 Å². The van der Waals surface area contributed by atoms with Crippen LogP contribution in [0, 0.1) is 5.41 Å². The third-order valence-corrected chi connectivity index (χ3v) is 7.04. The van der Waals surface area contributed by atoms with Gasteiger partial charge in [0.2, 0.25) is 17.7 Å². The van der Waals surface area contributed by atoms with E-state index in [9.17, 15) is 24.3 Å². The molecule has 13 heteroatoms. The van der Waals surface area contributed by atoms with Gasteiger partial charge in [0, 0.05) is 13.0 Å². The van der Waals surface area contributed by atoms with E-state index < -0.39 is 47.9 Å². The molecule has 228 valence electrons. The van der Waals surface area contributed by atoms with E-state index in [1.807, 2.05) is 36.6 Å². The Kier molecular flexibility index (Phi) is 14.9. The highest BCUT2D eigenvalue weighted by Gasteiger charge is 2.30. The smallest absolute Gasteiger partial charge is 0.326 e. The molecule has 42 heavy (non-hydrogen) atoms. The van der Waals surface area contributed by atoms with E-state index in [-0.39, 0.29) is 31.8 Å². The summed E-state index contributed by atoms with van der Waals surface area (Å²) in [5.41, 5.74) is 13.1. The highest BCUT2D eigenvalue weighted by atomic mass is 32.2. The molecule has 0 radical (unpaired) electrons. The standard InChI is InChI=1S/C29H41N7O5S/c1-42-16-14-23(34-25(37)21(30)17-19-9-4-2-5-10-19)27(39)35-22(13-8-15-33-29(31)32)26(38)36-24(28(40)41)18-20-11-6-3-7-12-20/h2-7,9-12,21-24H,8,13-18,30H2,1H3,(H,34,37)(H,35,39)(H,36,38)(H,40,41)(H4,31,32,33)/t21-,22-,23-,24-/m0/s1.